The molecule has 0 fully saturated rings. The summed E-state index contributed by atoms with van der Waals surface area (Å²) in [6.07, 6.45) is 2.51. The number of rotatable bonds is 7. The van der Waals surface area contributed by atoms with Gasteiger partial charge >= 0.3 is 0 Å². The highest BCUT2D eigenvalue weighted by molar-refractivity contribution is 4.82. The van der Waals surface area contributed by atoms with Crippen molar-refractivity contribution in [2.24, 2.45) is 0 Å². The van der Waals surface area contributed by atoms with E-state index in [1.807, 2.05) is 19.2 Å². The van der Waals surface area contributed by atoms with Gasteiger partial charge < -0.3 is 21.0 Å². The third-order valence-corrected chi connectivity index (χ3v) is 2.93. The summed E-state index contributed by atoms with van der Waals surface area (Å²) in [5.74, 6) is 0. The molecule has 0 rings (SSSR count). The zero-order valence-electron chi connectivity index (χ0n) is 9.53. The van der Waals surface area contributed by atoms with Gasteiger partial charge in [-0.05, 0) is 19.3 Å². The predicted octanol–water partition coefficient (Wildman–Crippen LogP) is -0.305. The van der Waals surface area contributed by atoms with E-state index in [4.69, 9.17) is 5.11 Å². The van der Waals surface area contributed by atoms with Crippen LogP contribution >= 0.6 is 0 Å². The van der Waals surface area contributed by atoms with E-state index in [2.05, 4.69) is 6.92 Å². The second kappa shape index (κ2) is 8.17. The van der Waals surface area contributed by atoms with Gasteiger partial charge in [0.1, 0.15) is 11.6 Å². The lowest BCUT2D eigenvalue weighted by molar-refractivity contribution is -0.705. The first-order chi connectivity index (χ1) is 6.14. The highest BCUT2D eigenvalue weighted by atomic mass is 16.3. The molecule has 0 radical (unpaired) electrons. The molecule has 14 heavy (non-hydrogen) atoms. The highest BCUT2D eigenvalue weighted by Crippen LogP contribution is 2.19. The molecule has 4 nitrogen and oxygen atoms in total. The Morgan fingerprint density at radius 1 is 1.21 bits per heavy atom. The van der Waals surface area contributed by atoms with E-state index in [1.165, 1.54) is 0 Å². The van der Waals surface area contributed by atoms with E-state index < -0.39 is 5.60 Å². The summed E-state index contributed by atoms with van der Waals surface area (Å²) in [4.78, 5) is 0. The van der Waals surface area contributed by atoms with Gasteiger partial charge in [0.05, 0.1) is 13.2 Å². The highest BCUT2D eigenvalue weighted by Gasteiger charge is 2.34. The third-order valence-electron chi connectivity index (χ3n) is 2.93. The molecule has 1 atom stereocenters. The molecule has 0 aliphatic carbocycles. The standard InChI is InChI=1S/C10H23NO2.H2O/c1-4-9(11-7-8-12)10(13,5-2)6-3;/h9,11-13H,4-8H2,1-3H3;1H2. The number of hydrogen-bond acceptors (Lipinski definition) is 3. The lowest BCUT2D eigenvalue weighted by Gasteiger charge is -2.31. The van der Waals surface area contributed by atoms with Crippen molar-refractivity contribution in [2.45, 2.75) is 51.7 Å². The summed E-state index contributed by atoms with van der Waals surface area (Å²) < 4.78 is 0. The van der Waals surface area contributed by atoms with Crippen LogP contribution in [0.4, 0.5) is 0 Å². The van der Waals surface area contributed by atoms with E-state index in [9.17, 15) is 5.11 Å². The van der Waals surface area contributed by atoms with Crippen LogP contribution in [0.3, 0.4) is 0 Å². The molecule has 0 bridgehead atoms. The molecule has 0 aromatic heterocycles. The Morgan fingerprint density at radius 2 is 1.71 bits per heavy atom. The van der Waals surface area contributed by atoms with Gasteiger partial charge in [0, 0.05) is 0 Å². The quantitative estimate of drug-likeness (QED) is 0.535. The summed E-state index contributed by atoms with van der Waals surface area (Å²) in [5, 5.41) is 21.0. The van der Waals surface area contributed by atoms with E-state index in [1.54, 1.807) is 0 Å². The number of hydrogen-bond donors (Lipinski definition) is 3. The van der Waals surface area contributed by atoms with Crippen LogP contribution in [-0.4, -0.2) is 40.5 Å². The fourth-order valence-corrected chi connectivity index (χ4v) is 1.82. The predicted molar refractivity (Wildman–Crippen MR) is 55.4 cm³/mol. The van der Waals surface area contributed by atoms with Gasteiger partial charge in [0.15, 0.2) is 0 Å². The maximum Gasteiger partial charge on any atom is 0.116 e. The van der Waals surface area contributed by atoms with Crippen molar-refractivity contribution in [3.05, 3.63) is 0 Å². The topological polar surface area (TPSA) is 87.1 Å². The van der Waals surface area contributed by atoms with Crippen molar-refractivity contribution in [2.75, 3.05) is 13.2 Å². The fourth-order valence-electron chi connectivity index (χ4n) is 1.82. The van der Waals surface area contributed by atoms with E-state index >= 15 is 0 Å². The second-order valence-electron chi connectivity index (χ2n) is 3.57. The van der Waals surface area contributed by atoms with Gasteiger partial charge in [-0.3, -0.25) is 0 Å². The van der Waals surface area contributed by atoms with Crippen molar-refractivity contribution >= 4 is 0 Å². The van der Waals surface area contributed by atoms with Crippen LogP contribution < -0.4 is 5.32 Å². The van der Waals surface area contributed by atoms with Crippen molar-refractivity contribution in [3.63, 3.8) is 0 Å². The Hall–Kier alpha value is -0.160. The number of nitrogens with two attached hydrogens (primary N) is 1. The van der Waals surface area contributed by atoms with Gasteiger partial charge in [-0.25, -0.2) is 0 Å². The number of aliphatic hydroxyl groups excluding tert-OH is 1. The average molecular weight is 207 g/mol. The maximum absolute atomic E-state index is 10.2. The molecule has 0 saturated heterocycles. The van der Waals surface area contributed by atoms with Crippen LogP contribution in [0, 0.1) is 0 Å². The lowest BCUT2D eigenvalue weighted by Crippen LogP contribution is -2.95. The summed E-state index contributed by atoms with van der Waals surface area (Å²) in [5.41, 5.74) is -0.566. The summed E-state index contributed by atoms with van der Waals surface area (Å²) in [6, 6.07) is 0.217. The van der Waals surface area contributed by atoms with Crippen molar-refractivity contribution < 1.29 is 21.0 Å². The average Bonchev–Trinajstić information content (AvgIpc) is 2.18. The molecule has 0 spiro atoms. The number of quaternary nitrogens is 1. The first-order valence-electron chi connectivity index (χ1n) is 5.31. The summed E-state index contributed by atoms with van der Waals surface area (Å²) in [7, 11) is 0. The molecule has 5 N–H and O–H groups in total. The third kappa shape index (κ3) is 4.37. The van der Waals surface area contributed by atoms with Crippen LogP contribution in [0.5, 0.6) is 0 Å². The molecule has 0 aromatic rings. The Kier molecular flexibility index (Phi) is 9.50. The van der Waals surface area contributed by atoms with Gasteiger partial charge in [-0.15, -0.1) is 0 Å². The van der Waals surface area contributed by atoms with Crippen molar-refractivity contribution in [1.82, 2.24) is 0 Å². The Morgan fingerprint density at radius 3 is 2.00 bits per heavy atom. The minimum atomic E-state index is -0.566. The summed E-state index contributed by atoms with van der Waals surface area (Å²) in [6.45, 7) is 6.97. The molecule has 0 aliphatic rings. The molecule has 4 heteroatoms. The normalized spacial score (nSPS) is 13.5. The van der Waals surface area contributed by atoms with Gasteiger partial charge in [-0.1, -0.05) is 20.8 Å². The molecule has 88 valence electrons. The van der Waals surface area contributed by atoms with Crippen molar-refractivity contribution in [1.29, 1.82) is 0 Å². The molecule has 0 aromatic carbocycles. The zero-order valence-corrected chi connectivity index (χ0v) is 9.53. The molecule has 0 amide bonds. The van der Waals surface area contributed by atoms with E-state index in [0.29, 0.717) is 6.54 Å². The van der Waals surface area contributed by atoms with E-state index in [-0.39, 0.29) is 18.1 Å². The van der Waals surface area contributed by atoms with E-state index in [0.717, 1.165) is 19.3 Å². The smallest absolute Gasteiger partial charge is 0.116 e. The van der Waals surface area contributed by atoms with Crippen molar-refractivity contribution in [3.8, 4) is 0 Å². The number of aliphatic hydroxyl groups is 2. The molecule has 0 aliphatic heterocycles. The minimum absolute atomic E-state index is 0. The van der Waals surface area contributed by atoms with Crippen LogP contribution in [0.1, 0.15) is 40.0 Å². The van der Waals surface area contributed by atoms with Gasteiger partial charge in [0.25, 0.3) is 0 Å². The zero-order chi connectivity index (χ0) is 10.3. The maximum atomic E-state index is 10.2. The fraction of sp³-hybridized carbons (Fsp3) is 1.00. The Balaban J connectivity index is 0. The minimum Gasteiger partial charge on any atom is -0.870 e. The van der Waals surface area contributed by atoms with Crippen LogP contribution in [0.25, 0.3) is 0 Å². The molecule has 0 heterocycles. The molecular weight excluding hydrogens is 182 g/mol. The van der Waals surface area contributed by atoms with Crippen LogP contribution in [-0.2, 0) is 0 Å². The van der Waals surface area contributed by atoms with Crippen LogP contribution in [0.2, 0.25) is 0 Å². The van der Waals surface area contributed by atoms with Gasteiger partial charge in [-0.2, -0.15) is 0 Å². The first-order valence-corrected chi connectivity index (χ1v) is 5.31. The monoisotopic (exact) mass is 207 g/mol. The SMILES string of the molecule is CCC([NH2+]CCO)C(O)(CC)CC.[OH-]. The molecule has 1 unspecified atom stereocenters. The molecular formula is C10H25NO3. The lowest BCUT2D eigenvalue weighted by atomic mass is 9.87. The second-order valence-corrected chi connectivity index (χ2v) is 3.57. The van der Waals surface area contributed by atoms with Crippen LogP contribution in [0.15, 0.2) is 0 Å². The Labute approximate surface area is 86.6 Å². The molecule has 0 saturated carbocycles. The first kappa shape index (κ1) is 16.3. The largest absolute Gasteiger partial charge is 0.870 e. The summed E-state index contributed by atoms with van der Waals surface area (Å²) >= 11 is 0. The van der Waals surface area contributed by atoms with Gasteiger partial charge in [0.2, 0.25) is 0 Å². The Bertz CT molecular complexity index is 127.